The second-order valence-electron chi connectivity index (χ2n) is 9.54. The lowest BCUT2D eigenvalue weighted by Crippen LogP contribution is -2.68. The minimum Gasteiger partial charge on any atom is -0.469 e. The van der Waals surface area contributed by atoms with E-state index < -0.39 is 5.41 Å². The van der Waals surface area contributed by atoms with Gasteiger partial charge in [0, 0.05) is 5.41 Å². The molecule has 0 N–H and O–H groups in total. The van der Waals surface area contributed by atoms with Gasteiger partial charge in [-0.25, -0.2) is 9.78 Å². The highest BCUT2D eigenvalue weighted by molar-refractivity contribution is 5.77. The number of esters is 1. The van der Waals surface area contributed by atoms with Crippen LogP contribution in [0.2, 0.25) is 0 Å². The van der Waals surface area contributed by atoms with E-state index in [-0.39, 0.29) is 28.5 Å². The third kappa shape index (κ3) is 1.98. The fraction of sp³-hybridized carbons (Fsp3) is 0.857. The van der Waals surface area contributed by atoms with Gasteiger partial charge in [-0.1, -0.05) is 27.2 Å². The standard InChI is InChI=1S/C21H32O4/c1-14(2)20-11-12-21(25-24-20)15(13-20)7-8-16-18(3,17(22)23-5)9-6-10-19(16,21)4/h13-14,16H,6-12H2,1-5H3. The lowest BCUT2D eigenvalue weighted by atomic mass is 9.43. The van der Waals surface area contributed by atoms with E-state index in [9.17, 15) is 4.79 Å². The molecule has 3 aliphatic carbocycles. The van der Waals surface area contributed by atoms with Gasteiger partial charge in [-0.3, -0.25) is 4.79 Å². The highest BCUT2D eigenvalue weighted by atomic mass is 17.2. The summed E-state index contributed by atoms with van der Waals surface area (Å²) >= 11 is 0. The minimum absolute atomic E-state index is 0.0590. The Bertz CT molecular complexity index is 613. The van der Waals surface area contributed by atoms with E-state index in [1.54, 1.807) is 0 Å². The van der Waals surface area contributed by atoms with Crippen molar-refractivity contribution in [1.29, 1.82) is 0 Å². The Morgan fingerprint density at radius 2 is 1.96 bits per heavy atom. The summed E-state index contributed by atoms with van der Waals surface area (Å²) in [6.07, 6.45) is 9.46. The predicted octanol–water partition coefficient (Wildman–Crippen LogP) is 4.58. The first-order valence-corrected chi connectivity index (χ1v) is 9.92. The molecule has 0 amide bonds. The van der Waals surface area contributed by atoms with Crippen molar-refractivity contribution in [3.63, 3.8) is 0 Å². The van der Waals surface area contributed by atoms with Crippen molar-refractivity contribution in [2.24, 2.45) is 22.7 Å². The van der Waals surface area contributed by atoms with E-state index in [0.29, 0.717) is 5.92 Å². The Balaban J connectivity index is 1.79. The number of hydrogen-bond donors (Lipinski definition) is 0. The van der Waals surface area contributed by atoms with E-state index in [4.69, 9.17) is 14.5 Å². The van der Waals surface area contributed by atoms with Gasteiger partial charge in [-0.2, -0.15) is 0 Å². The summed E-state index contributed by atoms with van der Waals surface area (Å²) < 4.78 is 5.22. The molecule has 2 saturated carbocycles. The molecule has 3 fully saturated rings. The SMILES string of the molecule is COC(=O)C1(C)CCCC2(C)C1CCC1=CC3(C(C)C)CCC12OO3. The molecule has 1 saturated heterocycles. The largest absolute Gasteiger partial charge is 0.469 e. The van der Waals surface area contributed by atoms with E-state index in [1.165, 1.54) is 12.7 Å². The quantitative estimate of drug-likeness (QED) is 0.416. The monoisotopic (exact) mass is 348 g/mol. The van der Waals surface area contributed by atoms with Gasteiger partial charge in [0.15, 0.2) is 0 Å². The van der Waals surface area contributed by atoms with Crippen LogP contribution in [0, 0.1) is 22.7 Å². The lowest BCUT2D eigenvalue weighted by Gasteiger charge is -2.66. The summed E-state index contributed by atoms with van der Waals surface area (Å²) in [5.74, 6) is 0.610. The van der Waals surface area contributed by atoms with Crippen molar-refractivity contribution in [1.82, 2.24) is 0 Å². The Morgan fingerprint density at radius 1 is 1.20 bits per heavy atom. The molecular weight excluding hydrogens is 316 g/mol. The Morgan fingerprint density at radius 3 is 2.56 bits per heavy atom. The molecule has 4 nitrogen and oxygen atoms in total. The van der Waals surface area contributed by atoms with Gasteiger partial charge in [0.1, 0.15) is 11.2 Å². The molecule has 140 valence electrons. The van der Waals surface area contributed by atoms with Crippen LogP contribution in [0.15, 0.2) is 11.6 Å². The van der Waals surface area contributed by atoms with Crippen LogP contribution < -0.4 is 0 Å². The Kier molecular flexibility index (Phi) is 3.73. The van der Waals surface area contributed by atoms with Crippen LogP contribution in [0.25, 0.3) is 0 Å². The second-order valence-corrected chi connectivity index (χ2v) is 9.54. The van der Waals surface area contributed by atoms with Crippen LogP contribution >= 0.6 is 0 Å². The molecular formula is C21H32O4. The molecule has 0 aromatic carbocycles. The third-order valence-corrected chi connectivity index (χ3v) is 8.33. The van der Waals surface area contributed by atoms with E-state index in [2.05, 4.69) is 33.8 Å². The fourth-order valence-electron chi connectivity index (χ4n) is 6.67. The lowest BCUT2D eigenvalue weighted by molar-refractivity contribution is -0.465. The minimum atomic E-state index is -0.421. The molecule has 25 heavy (non-hydrogen) atoms. The van der Waals surface area contributed by atoms with Gasteiger partial charge in [0.2, 0.25) is 0 Å². The normalized spacial score (nSPS) is 48.6. The maximum absolute atomic E-state index is 12.7. The Hall–Kier alpha value is -0.870. The number of ether oxygens (including phenoxy) is 1. The molecule has 2 bridgehead atoms. The van der Waals surface area contributed by atoms with Crippen LogP contribution in [0.5, 0.6) is 0 Å². The summed E-state index contributed by atoms with van der Waals surface area (Å²) in [6, 6.07) is 0. The van der Waals surface area contributed by atoms with Crippen LogP contribution in [0.1, 0.15) is 72.6 Å². The van der Waals surface area contributed by atoms with E-state index in [1.807, 2.05) is 0 Å². The predicted molar refractivity (Wildman–Crippen MR) is 94.6 cm³/mol. The average Bonchev–Trinajstić information content (AvgIpc) is 2.61. The fourth-order valence-corrected chi connectivity index (χ4v) is 6.67. The molecule has 4 heteroatoms. The summed E-state index contributed by atoms with van der Waals surface area (Å²) in [7, 11) is 1.52. The second kappa shape index (κ2) is 5.32. The van der Waals surface area contributed by atoms with Crippen LogP contribution in [0.4, 0.5) is 0 Å². The van der Waals surface area contributed by atoms with Crippen molar-refractivity contribution in [2.45, 2.75) is 83.8 Å². The van der Waals surface area contributed by atoms with Crippen molar-refractivity contribution in [3.8, 4) is 0 Å². The highest BCUT2D eigenvalue weighted by Gasteiger charge is 2.69. The molecule has 2 aliphatic heterocycles. The number of rotatable bonds is 2. The molecule has 5 atom stereocenters. The maximum Gasteiger partial charge on any atom is 0.311 e. The molecule has 5 aliphatic rings. The zero-order valence-corrected chi connectivity index (χ0v) is 16.3. The summed E-state index contributed by atoms with van der Waals surface area (Å²) in [4.78, 5) is 25.0. The zero-order valence-electron chi connectivity index (χ0n) is 16.3. The third-order valence-electron chi connectivity index (χ3n) is 8.33. The van der Waals surface area contributed by atoms with Gasteiger partial charge < -0.3 is 4.74 Å². The first kappa shape index (κ1) is 17.5. The highest BCUT2D eigenvalue weighted by Crippen LogP contribution is 2.68. The van der Waals surface area contributed by atoms with Gasteiger partial charge in [0.05, 0.1) is 12.5 Å². The molecule has 0 aromatic rings. The van der Waals surface area contributed by atoms with E-state index >= 15 is 0 Å². The van der Waals surface area contributed by atoms with Gasteiger partial charge in [-0.15, -0.1) is 0 Å². The van der Waals surface area contributed by atoms with Gasteiger partial charge >= 0.3 is 5.97 Å². The summed E-state index contributed by atoms with van der Waals surface area (Å²) in [6.45, 7) is 8.86. The van der Waals surface area contributed by atoms with Crippen LogP contribution in [-0.4, -0.2) is 24.3 Å². The van der Waals surface area contributed by atoms with Crippen molar-refractivity contribution >= 4 is 5.97 Å². The number of carbonyl (C=O) groups excluding carboxylic acids is 1. The van der Waals surface area contributed by atoms with Gasteiger partial charge in [0.25, 0.3) is 0 Å². The molecule has 5 rings (SSSR count). The molecule has 2 heterocycles. The molecule has 0 aromatic heterocycles. The average molecular weight is 348 g/mol. The topological polar surface area (TPSA) is 44.8 Å². The zero-order chi connectivity index (χ0) is 18.1. The van der Waals surface area contributed by atoms with Crippen LogP contribution in [0.3, 0.4) is 0 Å². The first-order chi connectivity index (χ1) is 11.7. The Labute approximate surface area is 151 Å². The van der Waals surface area contributed by atoms with Crippen molar-refractivity contribution < 1.29 is 19.3 Å². The first-order valence-electron chi connectivity index (χ1n) is 9.92. The number of hydrogen-bond acceptors (Lipinski definition) is 4. The van der Waals surface area contributed by atoms with Gasteiger partial charge in [-0.05, 0) is 68.9 Å². The van der Waals surface area contributed by atoms with E-state index in [0.717, 1.165) is 44.9 Å². The number of carbonyl (C=O) groups is 1. The summed E-state index contributed by atoms with van der Waals surface area (Å²) in [5.41, 5.74) is 0.298. The van der Waals surface area contributed by atoms with Crippen LogP contribution in [-0.2, 0) is 19.3 Å². The van der Waals surface area contributed by atoms with Crippen molar-refractivity contribution in [2.75, 3.05) is 7.11 Å². The smallest absolute Gasteiger partial charge is 0.311 e. The number of fused-ring (bicyclic) bond motifs is 3. The van der Waals surface area contributed by atoms with Crippen molar-refractivity contribution in [3.05, 3.63) is 11.6 Å². The maximum atomic E-state index is 12.7. The molecule has 0 radical (unpaired) electrons. The molecule has 5 unspecified atom stereocenters. The number of methoxy groups -OCH3 is 1. The molecule has 1 spiro atoms. The summed E-state index contributed by atoms with van der Waals surface area (Å²) in [5, 5.41) is 0.